The molecule has 1 amide bonds. The predicted octanol–water partition coefficient (Wildman–Crippen LogP) is 1.99. The van der Waals surface area contributed by atoms with Crippen molar-refractivity contribution in [3.8, 4) is 6.07 Å². The van der Waals surface area contributed by atoms with Crippen molar-refractivity contribution in [2.45, 2.75) is 32.4 Å². The molecule has 1 aromatic heterocycles. The summed E-state index contributed by atoms with van der Waals surface area (Å²) < 4.78 is 5.53. The lowest BCUT2D eigenvalue weighted by molar-refractivity contribution is -0.678. The zero-order valence-corrected chi connectivity index (χ0v) is 14.3. The van der Waals surface area contributed by atoms with E-state index in [9.17, 15) is 10.1 Å². The fourth-order valence-electron chi connectivity index (χ4n) is 2.41. The highest BCUT2D eigenvalue weighted by molar-refractivity contribution is 5.78. The zero-order valence-electron chi connectivity index (χ0n) is 14.3. The molecule has 0 bridgehead atoms. The number of nitriles is 1. The van der Waals surface area contributed by atoms with Gasteiger partial charge in [-0.2, -0.15) is 5.26 Å². The molecule has 24 heavy (non-hydrogen) atoms. The van der Waals surface area contributed by atoms with Gasteiger partial charge < -0.3 is 15.1 Å². The van der Waals surface area contributed by atoms with Crippen LogP contribution in [0.15, 0.2) is 53.1 Å². The molecule has 126 valence electrons. The Kier molecular flexibility index (Phi) is 5.78. The fraction of sp³-hybridized carbons (Fsp3) is 0.368. The Morgan fingerprint density at radius 3 is 2.54 bits per heavy atom. The SMILES string of the molecule is CC(C)[C@](C)(C#N)NC(=O)C[NH2+][C@H](c1ccccc1)c1ccco1. The van der Waals surface area contributed by atoms with Crippen LogP contribution in [0.1, 0.15) is 38.1 Å². The van der Waals surface area contributed by atoms with Crippen LogP contribution in [0.3, 0.4) is 0 Å². The normalized spacial score (nSPS) is 14.6. The first-order valence-electron chi connectivity index (χ1n) is 8.10. The minimum Gasteiger partial charge on any atom is -0.463 e. The van der Waals surface area contributed by atoms with Crippen molar-refractivity contribution in [2.75, 3.05) is 6.54 Å². The van der Waals surface area contributed by atoms with E-state index in [1.165, 1.54) is 0 Å². The van der Waals surface area contributed by atoms with Crippen LogP contribution < -0.4 is 10.6 Å². The maximum Gasteiger partial charge on any atom is 0.276 e. The van der Waals surface area contributed by atoms with E-state index in [-0.39, 0.29) is 24.4 Å². The predicted molar refractivity (Wildman–Crippen MR) is 90.8 cm³/mol. The molecule has 0 fully saturated rings. The summed E-state index contributed by atoms with van der Waals surface area (Å²) in [4.78, 5) is 12.3. The number of carbonyl (C=O) groups excluding carboxylic acids is 1. The van der Waals surface area contributed by atoms with Crippen molar-refractivity contribution in [3.05, 3.63) is 60.1 Å². The summed E-state index contributed by atoms with van der Waals surface area (Å²) in [5.41, 5.74) is 0.199. The highest BCUT2D eigenvalue weighted by Gasteiger charge is 2.31. The molecule has 0 aliphatic carbocycles. The van der Waals surface area contributed by atoms with E-state index in [1.807, 2.05) is 61.6 Å². The lowest BCUT2D eigenvalue weighted by atomic mass is 9.90. The van der Waals surface area contributed by atoms with E-state index in [1.54, 1.807) is 13.2 Å². The molecule has 2 rings (SSSR count). The van der Waals surface area contributed by atoms with E-state index in [0.29, 0.717) is 0 Å². The molecule has 5 nitrogen and oxygen atoms in total. The van der Waals surface area contributed by atoms with Crippen molar-refractivity contribution >= 4 is 5.91 Å². The average Bonchev–Trinajstić information content (AvgIpc) is 3.10. The summed E-state index contributed by atoms with van der Waals surface area (Å²) in [7, 11) is 0. The largest absolute Gasteiger partial charge is 0.463 e. The molecule has 0 saturated carbocycles. The minimum atomic E-state index is -0.863. The van der Waals surface area contributed by atoms with Gasteiger partial charge >= 0.3 is 0 Å². The summed E-state index contributed by atoms with van der Waals surface area (Å²) in [6, 6.07) is 15.7. The first-order chi connectivity index (χ1) is 11.5. The molecular weight excluding hydrogens is 302 g/mol. The highest BCUT2D eigenvalue weighted by Crippen LogP contribution is 2.18. The van der Waals surface area contributed by atoms with Gasteiger partial charge in [-0.15, -0.1) is 0 Å². The van der Waals surface area contributed by atoms with E-state index in [4.69, 9.17) is 4.42 Å². The molecule has 2 aromatic rings. The number of amides is 1. The van der Waals surface area contributed by atoms with E-state index >= 15 is 0 Å². The summed E-state index contributed by atoms with van der Waals surface area (Å²) in [5, 5.41) is 14.1. The van der Waals surface area contributed by atoms with Gasteiger partial charge in [-0.3, -0.25) is 4.79 Å². The van der Waals surface area contributed by atoms with Crippen LogP contribution in [-0.2, 0) is 4.79 Å². The Morgan fingerprint density at radius 2 is 2.00 bits per heavy atom. The molecule has 0 aliphatic rings. The Labute approximate surface area is 142 Å². The third-order valence-corrected chi connectivity index (χ3v) is 4.33. The van der Waals surface area contributed by atoms with Crippen molar-refractivity contribution in [3.63, 3.8) is 0 Å². The van der Waals surface area contributed by atoms with Crippen LogP contribution in [0.5, 0.6) is 0 Å². The first kappa shape index (κ1) is 17.8. The third kappa shape index (κ3) is 4.24. The summed E-state index contributed by atoms with van der Waals surface area (Å²) in [5.74, 6) is 0.655. The molecule has 5 heteroatoms. The van der Waals surface area contributed by atoms with Crippen LogP contribution in [-0.4, -0.2) is 18.0 Å². The van der Waals surface area contributed by atoms with Crippen LogP contribution >= 0.6 is 0 Å². The number of hydrogen-bond acceptors (Lipinski definition) is 3. The topological polar surface area (TPSA) is 82.6 Å². The smallest absolute Gasteiger partial charge is 0.276 e. The number of nitrogens with zero attached hydrogens (tertiary/aromatic N) is 1. The van der Waals surface area contributed by atoms with Crippen molar-refractivity contribution in [1.29, 1.82) is 5.26 Å². The van der Waals surface area contributed by atoms with Gasteiger partial charge in [0.15, 0.2) is 18.3 Å². The molecule has 2 atom stereocenters. The van der Waals surface area contributed by atoms with Gasteiger partial charge in [0.1, 0.15) is 5.54 Å². The fourth-order valence-corrected chi connectivity index (χ4v) is 2.41. The lowest BCUT2D eigenvalue weighted by Crippen LogP contribution is -2.88. The van der Waals surface area contributed by atoms with E-state index < -0.39 is 5.54 Å². The Hall–Kier alpha value is -2.58. The second-order valence-electron chi connectivity index (χ2n) is 6.36. The lowest BCUT2D eigenvalue weighted by Gasteiger charge is -2.27. The minimum absolute atomic E-state index is 0.0291. The number of benzene rings is 1. The monoisotopic (exact) mass is 326 g/mol. The molecule has 0 radical (unpaired) electrons. The van der Waals surface area contributed by atoms with Crippen molar-refractivity contribution in [1.82, 2.24) is 5.32 Å². The number of nitrogens with one attached hydrogen (secondary N) is 1. The van der Waals surface area contributed by atoms with Gasteiger partial charge in [0, 0.05) is 5.56 Å². The van der Waals surface area contributed by atoms with Gasteiger partial charge in [0.25, 0.3) is 5.91 Å². The number of quaternary nitrogens is 1. The number of furan rings is 1. The van der Waals surface area contributed by atoms with Gasteiger partial charge in [-0.1, -0.05) is 44.2 Å². The molecule has 1 heterocycles. The van der Waals surface area contributed by atoms with Crippen molar-refractivity contribution in [2.24, 2.45) is 5.92 Å². The molecule has 0 aliphatic heterocycles. The standard InChI is InChI=1S/C19H23N3O2/c1-14(2)19(3,13-20)22-17(23)12-21-18(16-10-7-11-24-16)15-8-5-4-6-9-15/h4-11,14,18,21H,12H2,1-3H3,(H,22,23)/p+1/t18-,19+/m1/s1. The second-order valence-corrected chi connectivity index (χ2v) is 6.36. The molecular formula is C19H24N3O2+. The molecule has 0 spiro atoms. The summed E-state index contributed by atoms with van der Waals surface area (Å²) in [6.45, 7) is 5.80. The van der Waals surface area contributed by atoms with Crippen LogP contribution in [0.2, 0.25) is 0 Å². The highest BCUT2D eigenvalue weighted by atomic mass is 16.3. The maximum absolute atomic E-state index is 12.3. The maximum atomic E-state index is 12.3. The Balaban J connectivity index is 2.07. The molecule has 0 unspecified atom stereocenters. The van der Waals surface area contributed by atoms with Gasteiger partial charge in [0.05, 0.1) is 12.3 Å². The number of rotatable bonds is 7. The molecule has 0 saturated heterocycles. The van der Waals surface area contributed by atoms with Crippen LogP contribution in [0.25, 0.3) is 0 Å². The zero-order chi connectivity index (χ0) is 17.6. The Morgan fingerprint density at radius 1 is 1.29 bits per heavy atom. The second kappa shape index (κ2) is 7.80. The van der Waals surface area contributed by atoms with Crippen molar-refractivity contribution < 1.29 is 14.5 Å². The van der Waals surface area contributed by atoms with Gasteiger partial charge in [-0.25, -0.2) is 0 Å². The quantitative estimate of drug-likeness (QED) is 0.816. The van der Waals surface area contributed by atoms with Gasteiger partial charge in [0.2, 0.25) is 0 Å². The Bertz CT molecular complexity index is 689. The van der Waals surface area contributed by atoms with E-state index in [0.717, 1.165) is 11.3 Å². The number of nitrogens with two attached hydrogens (primary N) is 1. The summed E-state index contributed by atoms with van der Waals surface area (Å²) in [6.07, 6.45) is 1.63. The first-order valence-corrected chi connectivity index (χ1v) is 8.10. The number of hydrogen-bond donors (Lipinski definition) is 2. The van der Waals surface area contributed by atoms with E-state index in [2.05, 4.69) is 11.4 Å². The molecule has 3 N–H and O–H groups in total. The van der Waals surface area contributed by atoms with Crippen LogP contribution in [0, 0.1) is 17.2 Å². The summed E-state index contributed by atoms with van der Waals surface area (Å²) >= 11 is 0. The van der Waals surface area contributed by atoms with Crippen LogP contribution in [0.4, 0.5) is 0 Å². The average molecular weight is 326 g/mol. The third-order valence-electron chi connectivity index (χ3n) is 4.33. The molecule has 1 aromatic carbocycles. The number of carbonyl (C=O) groups is 1. The van der Waals surface area contributed by atoms with Gasteiger partial charge in [-0.05, 0) is 25.0 Å².